The topological polar surface area (TPSA) is 75.6 Å². The molecule has 1 amide bonds. The summed E-state index contributed by atoms with van der Waals surface area (Å²) in [6.07, 6.45) is 4.23. The lowest BCUT2D eigenvalue weighted by Gasteiger charge is -2.03. The van der Waals surface area contributed by atoms with Crippen LogP contribution in [0.5, 0.6) is 0 Å². The summed E-state index contributed by atoms with van der Waals surface area (Å²) in [7, 11) is 1.96. The molecule has 0 saturated heterocycles. The van der Waals surface area contributed by atoms with Crippen LogP contribution in [0, 0.1) is 0 Å². The number of hydrogen-bond acceptors (Lipinski definition) is 3. The molecule has 1 aliphatic carbocycles. The Morgan fingerprint density at radius 1 is 1.38 bits per heavy atom. The number of aryl methyl sites for hydroxylation is 1. The third-order valence-corrected chi connectivity index (χ3v) is 3.86. The highest BCUT2D eigenvalue weighted by atomic mass is 16.1. The number of nitrogens with one attached hydrogen (secondary N) is 2. The molecule has 0 unspecified atom stereocenters. The molecular weight excluding hydrogens is 266 g/mol. The first-order valence-electron chi connectivity index (χ1n) is 7.00. The molecule has 0 spiro atoms. The van der Waals surface area contributed by atoms with E-state index in [4.69, 9.17) is 0 Å². The lowest BCUT2D eigenvalue weighted by molar-refractivity contribution is 0.102. The number of carbonyl (C=O) groups excluding carboxylic acids is 1. The molecule has 2 N–H and O–H groups in total. The first-order chi connectivity index (χ1) is 10.2. The molecule has 1 aromatic carbocycles. The second kappa shape index (κ2) is 4.44. The summed E-state index contributed by atoms with van der Waals surface area (Å²) >= 11 is 0. The Labute approximate surface area is 121 Å². The second-order valence-corrected chi connectivity index (χ2v) is 5.44. The van der Waals surface area contributed by atoms with Gasteiger partial charge in [0, 0.05) is 35.6 Å². The van der Waals surface area contributed by atoms with Gasteiger partial charge in [0.2, 0.25) is 5.95 Å². The Balaban J connectivity index is 1.63. The maximum Gasteiger partial charge on any atom is 0.258 e. The van der Waals surface area contributed by atoms with E-state index >= 15 is 0 Å². The summed E-state index contributed by atoms with van der Waals surface area (Å²) in [5, 5.41) is 10.6. The summed E-state index contributed by atoms with van der Waals surface area (Å²) < 4.78 is 1.99. The van der Waals surface area contributed by atoms with Crippen LogP contribution in [-0.4, -0.2) is 25.7 Å². The van der Waals surface area contributed by atoms with Gasteiger partial charge in [-0.1, -0.05) is 6.07 Å². The van der Waals surface area contributed by atoms with Gasteiger partial charge in [-0.3, -0.25) is 15.2 Å². The first-order valence-corrected chi connectivity index (χ1v) is 7.00. The number of amides is 1. The van der Waals surface area contributed by atoms with Crippen LogP contribution in [-0.2, 0) is 7.05 Å². The van der Waals surface area contributed by atoms with Crippen molar-refractivity contribution < 1.29 is 4.79 Å². The SMILES string of the molecule is Cn1ccc2c(C(=O)Nc3n[nH]c(C4CC4)n3)cccc21. The third kappa shape index (κ3) is 2.08. The average molecular weight is 281 g/mol. The molecule has 4 rings (SSSR count). The summed E-state index contributed by atoms with van der Waals surface area (Å²) in [6.45, 7) is 0. The van der Waals surface area contributed by atoms with Gasteiger partial charge in [-0.05, 0) is 31.0 Å². The largest absolute Gasteiger partial charge is 0.351 e. The molecule has 106 valence electrons. The summed E-state index contributed by atoms with van der Waals surface area (Å²) in [4.78, 5) is 16.7. The number of rotatable bonds is 3. The number of aromatic nitrogens is 4. The van der Waals surface area contributed by atoms with Crippen LogP contribution in [0.4, 0.5) is 5.95 Å². The van der Waals surface area contributed by atoms with Crippen LogP contribution in [0.25, 0.3) is 10.9 Å². The van der Waals surface area contributed by atoms with Crippen molar-refractivity contribution in [2.45, 2.75) is 18.8 Å². The quantitative estimate of drug-likeness (QED) is 0.774. The van der Waals surface area contributed by atoms with Crippen LogP contribution in [0.3, 0.4) is 0 Å². The van der Waals surface area contributed by atoms with Crippen LogP contribution in [0.1, 0.15) is 34.9 Å². The zero-order chi connectivity index (χ0) is 14.4. The van der Waals surface area contributed by atoms with Crippen LogP contribution in [0.2, 0.25) is 0 Å². The standard InChI is InChI=1S/C15H15N5O/c1-20-8-7-10-11(3-2-4-12(10)20)14(21)17-15-16-13(18-19-15)9-5-6-9/h2-4,7-9H,5-6H2,1H3,(H2,16,17,18,19,21). The number of carbonyl (C=O) groups is 1. The molecule has 1 aliphatic rings. The van der Waals surface area contributed by atoms with E-state index in [1.807, 2.05) is 42.1 Å². The number of hydrogen-bond donors (Lipinski definition) is 2. The predicted octanol–water partition coefficient (Wildman–Crippen LogP) is 2.43. The van der Waals surface area contributed by atoms with Crippen LogP contribution in [0.15, 0.2) is 30.5 Å². The van der Waals surface area contributed by atoms with E-state index in [0.29, 0.717) is 17.4 Å². The number of H-pyrrole nitrogens is 1. The van der Waals surface area contributed by atoms with Gasteiger partial charge in [-0.15, -0.1) is 5.10 Å². The molecule has 0 aliphatic heterocycles. The molecule has 21 heavy (non-hydrogen) atoms. The highest BCUT2D eigenvalue weighted by Gasteiger charge is 2.27. The minimum atomic E-state index is -0.187. The monoisotopic (exact) mass is 281 g/mol. The molecule has 0 bridgehead atoms. The van der Waals surface area contributed by atoms with Crippen molar-refractivity contribution in [3.05, 3.63) is 41.9 Å². The molecule has 6 heteroatoms. The van der Waals surface area contributed by atoms with Crippen molar-refractivity contribution in [1.82, 2.24) is 19.7 Å². The number of fused-ring (bicyclic) bond motifs is 1. The zero-order valence-corrected chi connectivity index (χ0v) is 11.6. The van der Waals surface area contributed by atoms with E-state index in [0.717, 1.165) is 29.6 Å². The van der Waals surface area contributed by atoms with Gasteiger partial charge in [0.1, 0.15) is 5.82 Å². The van der Waals surface area contributed by atoms with Gasteiger partial charge in [0.05, 0.1) is 0 Å². The summed E-state index contributed by atoms with van der Waals surface area (Å²) in [6, 6.07) is 7.62. The number of anilines is 1. The minimum Gasteiger partial charge on any atom is -0.351 e. The number of benzene rings is 1. The molecule has 0 radical (unpaired) electrons. The fourth-order valence-electron chi connectivity index (χ4n) is 2.54. The van der Waals surface area contributed by atoms with Gasteiger partial charge in [0.25, 0.3) is 5.91 Å². The Morgan fingerprint density at radius 2 is 2.24 bits per heavy atom. The van der Waals surface area contributed by atoms with Gasteiger partial charge in [0.15, 0.2) is 0 Å². The smallest absolute Gasteiger partial charge is 0.258 e. The van der Waals surface area contributed by atoms with Gasteiger partial charge in [-0.25, -0.2) is 0 Å². The second-order valence-electron chi connectivity index (χ2n) is 5.44. The fourth-order valence-corrected chi connectivity index (χ4v) is 2.54. The Kier molecular flexibility index (Phi) is 2.57. The molecule has 2 aromatic heterocycles. The van der Waals surface area contributed by atoms with E-state index in [2.05, 4.69) is 20.5 Å². The summed E-state index contributed by atoms with van der Waals surface area (Å²) in [5.41, 5.74) is 1.65. The minimum absolute atomic E-state index is 0.187. The predicted molar refractivity (Wildman–Crippen MR) is 79.2 cm³/mol. The van der Waals surface area contributed by atoms with Gasteiger partial charge >= 0.3 is 0 Å². The third-order valence-electron chi connectivity index (χ3n) is 3.86. The Hall–Kier alpha value is -2.63. The molecule has 6 nitrogen and oxygen atoms in total. The van der Waals surface area contributed by atoms with Gasteiger partial charge in [-0.2, -0.15) is 4.98 Å². The molecule has 0 atom stereocenters. The first kappa shape index (κ1) is 12.1. The molecule has 1 fully saturated rings. The molecule has 1 saturated carbocycles. The maximum atomic E-state index is 12.4. The fraction of sp³-hybridized carbons (Fsp3) is 0.267. The van der Waals surface area contributed by atoms with Crippen LogP contribution >= 0.6 is 0 Å². The molecular formula is C15H15N5O. The highest BCUT2D eigenvalue weighted by molar-refractivity contribution is 6.12. The zero-order valence-electron chi connectivity index (χ0n) is 11.6. The van der Waals surface area contributed by atoms with E-state index in [1.165, 1.54) is 0 Å². The van der Waals surface area contributed by atoms with E-state index in [9.17, 15) is 4.79 Å². The number of nitrogens with zero attached hydrogens (tertiary/aromatic N) is 3. The van der Waals surface area contributed by atoms with Crippen molar-refractivity contribution >= 4 is 22.8 Å². The van der Waals surface area contributed by atoms with Crippen molar-refractivity contribution in [2.24, 2.45) is 7.05 Å². The highest BCUT2D eigenvalue weighted by Crippen LogP contribution is 2.38. The average Bonchev–Trinajstić information content (AvgIpc) is 3.13. The lowest BCUT2D eigenvalue weighted by Crippen LogP contribution is -2.13. The van der Waals surface area contributed by atoms with E-state index in [1.54, 1.807) is 0 Å². The maximum absolute atomic E-state index is 12.4. The van der Waals surface area contributed by atoms with Gasteiger partial charge < -0.3 is 4.57 Å². The normalized spacial score (nSPS) is 14.5. The van der Waals surface area contributed by atoms with Crippen molar-refractivity contribution in [1.29, 1.82) is 0 Å². The van der Waals surface area contributed by atoms with Crippen LogP contribution < -0.4 is 5.32 Å². The Bertz CT molecular complexity index is 828. The van der Waals surface area contributed by atoms with E-state index in [-0.39, 0.29) is 5.91 Å². The number of aromatic amines is 1. The molecule has 2 heterocycles. The van der Waals surface area contributed by atoms with Crippen molar-refractivity contribution in [2.75, 3.05) is 5.32 Å². The molecule has 3 aromatic rings. The summed E-state index contributed by atoms with van der Waals surface area (Å²) in [5.74, 6) is 1.51. The van der Waals surface area contributed by atoms with Crippen molar-refractivity contribution in [3.8, 4) is 0 Å². The Morgan fingerprint density at radius 3 is 3.05 bits per heavy atom. The van der Waals surface area contributed by atoms with E-state index < -0.39 is 0 Å². The lowest BCUT2D eigenvalue weighted by atomic mass is 10.1. The van der Waals surface area contributed by atoms with Crippen molar-refractivity contribution in [3.63, 3.8) is 0 Å².